The number of nitrogens with one attached hydrogen (secondary N) is 2. The summed E-state index contributed by atoms with van der Waals surface area (Å²) in [4.78, 5) is 17.3. The summed E-state index contributed by atoms with van der Waals surface area (Å²) >= 11 is 0. The number of rotatable bonds is 4. The molecule has 4 heterocycles. The molecular weight excluding hydrogens is 416 g/mol. The fourth-order valence-electron chi connectivity index (χ4n) is 4.79. The molecule has 1 amide bonds. The Bertz CT molecular complexity index is 1050. The maximum Gasteiger partial charge on any atom is 0.289 e. The van der Waals surface area contributed by atoms with Gasteiger partial charge in [-0.2, -0.15) is 4.72 Å². The van der Waals surface area contributed by atoms with Gasteiger partial charge in [-0.1, -0.05) is 12.1 Å². The molecule has 1 aromatic carbocycles. The van der Waals surface area contributed by atoms with Crippen LogP contribution in [0.1, 0.15) is 42.0 Å². The molecule has 2 N–H and O–H groups in total. The summed E-state index contributed by atoms with van der Waals surface area (Å²) in [5.74, 6) is 1.24. The van der Waals surface area contributed by atoms with Crippen molar-refractivity contribution in [2.24, 2.45) is 5.92 Å². The second-order valence-electron chi connectivity index (χ2n) is 8.62. The molecule has 3 aliphatic heterocycles. The van der Waals surface area contributed by atoms with Crippen LogP contribution in [0.4, 0.5) is 5.69 Å². The highest BCUT2D eigenvalue weighted by atomic mass is 32.2. The summed E-state index contributed by atoms with van der Waals surface area (Å²) in [7, 11) is -3.53. The quantitative estimate of drug-likeness (QED) is 0.752. The second kappa shape index (κ2) is 8.29. The van der Waals surface area contributed by atoms with E-state index in [1.54, 1.807) is 29.2 Å². The molecule has 0 radical (unpaired) electrons. The van der Waals surface area contributed by atoms with Gasteiger partial charge in [-0.05, 0) is 69.0 Å². The van der Waals surface area contributed by atoms with Crippen LogP contribution in [0.25, 0.3) is 0 Å². The Morgan fingerprint density at radius 3 is 2.55 bits per heavy atom. The molecule has 0 spiro atoms. The summed E-state index contributed by atoms with van der Waals surface area (Å²) in [5, 5.41) is 3.32. The van der Waals surface area contributed by atoms with E-state index in [-0.39, 0.29) is 22.9 Å². The average Bonchev–Trinajstić information content (AvgIpc) is 3.46. The number of carbonyl (C=O) groups is 1. The molecule has 0 aliphatic carbocycles. The monoisotopic (exact) mass is 444 g/mol. The third-order valence-corrected chi connectivity index (χ3v) is 8.02. The van der Waals surface area contributed by atoms with E-state index in [2.05, 4.69) is 14.9 Å². The molecule has 166 valence electrons. The topological polar surface area (TPSA) is 94.9 Å². The second-order valence-corrected chi connectivity index (χ2v) is 10.3. The molecule has 2 fully saturated rings. The number of anilines is 1. The number of nitrogens with zero attached hydrogens (tertiary/aromatic N) is 2. The number of fused-ring (bicyclic) bond motifs is 1. The minimum Gasteiger partial charge on any atom is -0.455 e. The fourth-order valence-corrected chi connectivity index (χ4v) is 6.18. The number of hydrogen-bond donors (Lipinski definition) is 2. The maximum atomic E-state index is 12.9. The molecule has 1 atom stereocenters. The zero-order valence-corrected chi connectivity index (χ0v) is 18.2. The molecule has 31 heavy (non-hydrogen) atoms. The van der Waals surface area contributed by atoms with Gasteiger partial charge in [0.2, 0.25) is 10.0 Å². The first-order valence-corrected chi connectivity index (χ1v) is 12.5. The minimum atomic E-state index is -3.53. The maximum absolute atomic E-state index is 12.9. The van der Waals surface area contributed by atoms with Crippen LogP contribution in [0, 0.1) is 5.92 Å². The predicted octanol–water partition coefficient (Wildman–Crippen LogP) is 2.46. The Balaban J connectivity index is 1.19. The molecule has 3 aliphatic rings. The number of likely N-dealkylation sites (tertiary alicyclic amines) is 2. The highest BCUT2D eigenvalue weighted by Gasteiger charge is 2.36. The van der Waals surface area contributed by atoms with Crippen molar-refractivity contribution < 1.29 is 17.6 Å². The largest absolute Gasteiger partial charge is 0.455 e. The molecule has 0 saturated carbocycles. The average molecular weight is 445 g/mol. The Labute approximate surface area is 182 Å². The summed E-state index contributed by atoms with van der Waals surface area (Å²) in [6.45, 7) is 4.08. The van der Waals surface area contributed by atoms with Crippen molar-refractivity contribution in [3.8, 4) is 0 Å². The van der Waals surface area contributed by atoms with Gasteiger partial charge in [0.25, 0.3) is 5.91 Å². The highest BCUT2D eigenvalue weighted by Crippen LogP contribution is 2.31. The lowest BCUT2D eigenvalue weighted by molar-refractivity contribution is 0.0644. The third-order valence-electron chi connectivity index (χ3n) is 6.52. The van der Waals surface area contributed by atoms with Crippen molar-refractivity contribution in [2.45, 2.75) is 43.3 Å². The van der Waals surface area contributed by atoms with Crippen molar-refractivity contribution in [1.29, 1.82) is 0 Å². The molecule has 1 aromatic heterocycles. The first kappa shape index (κ1) is 20.5. The Morgan fingerprint density at radius 1 is 1.03 bits per heavy atom. The minimum absolute atomic E-state index is 0.0892. The van der Waals surface area contributed by atoms with Crippen molar-refractivity contribution in [3.05, 3.63) is 47.9 Å². The van der Waals surface area contributed by atoms with Gasteiger partial charge >= 0.3 is 0 Å². The van der Waals surface area contributed by atoms with Crippen molar-refractivity contribution in [1.82, 2.24) is 14.5 Å². The number of hydrogen-bond acceptors (Lipinski definition) is 6. The van der Waals surface area contributed by atoms with Crippen LogP contribution in [0.3, 0.4) is 0 Å². The molecule has 1 unspecified atom stereocenters. The fraction of sp³-hybridized carbons (Fsp3) is 0.500. The smallest absolute Gasteiger partial charge is 0.289 e. The van der Waals surface area contributed by atoms with E-state index >= 15 is 0 Å². The normalized spacial score (nSPS) is 24.0. The predicted molar refractivity (Wildman–Crippen MR) is 116 cm³/mol. The van der Waals surface area contributed by atoms with Gasteiger partial charge in [0.1, 0.15) is 10.7 Å². The molecule has 8 nitrogen and oxygen atoms in total. The lowest BCUT2D eigenvalue weighted by Gasteiger charge is -2.38. The molecule has 0 bridgehead atoms. The number of amides is 1. The summed E-state index contributed by atoms with van der Waals surface area (Å²) in [6.07, 6.45) is 3.51. The van der Waals surface area contributed by atoms with Crippen molar-refractivity contribution >= 4 is 21.6 Å². The number of furan rings is 1. The highest BCUT2D eigenvalue weighted by molar-refractivity contribution is 7.89. The van der Waals surface area contributed by atoms with Gasteiger partial charge < -0.3 is 14.6 Å². The van der Waals surface area contributed by atoms with Crippen LogP contribution in [-0.4, -0.2) is 56.5 Å². The zero-order chi connectivity index (χ0) is 21.4. The first-order valence-electron chi connectivity index (χ1n) is 11.0. The Kier molecular flexibility index (Phi) is 5.49. The number of benzene rings is 1. The van der Waals surface area contributed by atoms with Crippen LogP contribution in [0.2, 0.25) is 0 Å². The van der Waals surface area contributed by atoms with Crippen LogP contribution < -0.4 is 10.0 Å². The van der Waals surface area contributed by atoms with Crippen LogP contribution in [-0.2, 0) is 16.6 Å². The molecule has 2 saturated heterocycles. The van der Waals surface area contributed by atoms with Gasteiger partial charge in [-0.25, -0.2) is 8.42 Å². The standard InChI is InChI=1S/C22H28N4O4S/c27-22(19-8-7-17(30-19)15-25-11-3-4-12-25)26-13-9-16(10-14-26)21-23-18-5-1-2-6-20(18)31(28,29)24-21/h1-2,5-8,16,21,23-24H,3-4,9-15H2. The number of piperidine rings is 1. The van der Waals surface area contributed by atoms with Crippen molar-refractivity contribution in [3.63, 3.8) is 0 Å². The first-order chi connectivity index (χ1) is 15.0. The number of para-hydroxylation sites is 1. The molecule has 9 heteroatoms. The van der Waals surface area contributed by atoms with E-state index < -0.39 is 10.0 Å². The van der Waals surface area contributed by atoms with E-state index in [1.165, 1.54) is 12.8 Å². The molecule has 2 aromatic rings. The molecule has 5 rings (SSSR count). The van der Waals surface area contributed by atoms with Gasteiger partial charge in [-0.3, -0.25) is 9.69 Å². The van der Waals surface area contributed by atoms with Gasteiger partial charge in [0.05, 0.1) is 18.4 Å². The summed E-state index contributed by atoms with van der Waals surface area (Å²) in [5.41, 5.74) is 0.630. The Morgan fingerprint density at radius 2 is 1.77 bits per heavy atom. The molecular formula is C22H28N4O4S. The number of sulfonamides is 1. The lowest BCUT2D eigenvalue weighted by atomic mass is 9.93. The number of carbonyl (C=O) groups excluding carboxylic acids is 1. The van der Waals surface area contributed by atoms with E-state index in [0.29, 0.717) is 24.5 Å². The SMILES string of the molecule is O=C(c1ccc(CN2CCCC2)o1)N1CCC(C2Nc3ccccc3S(=O)(=O)N2)CC1. The van der Waals surface area contributed by atoms with E-state index in [9.17, 15) is 13.2 Å². The van der Waals surface area contributed by atoms with E-state index in [0.717, 1.165) is 38.2 Å². The summed E-state index contributed by atoms with van der Waals surface area (Å²) in [6, 6.07) is 10.6. The van der Waals surface area contributed by atoms with Gasteiger partial charge in [0, 0.05) is 13.1 Å². The van der Waals surface area contributed by atoms with Crippen molar-refractivity contribution in [2.75, 3.05) is 31.5 Å². The van der Waals surface area contributed by atoms with Gasteiger partial charge in [-0.15, -0.1) is 0 Å². The van der Waals surface area contributed by atoms with Crippen LogP contribution >= 0.6 is 0 Å². The Hall–Kier alpha value is -2.36. The zero-order valence-electron chi connectivity index (χ0n) is 17.4. The van der Waals surface area contributed by atoms with E-state index in [1.807, 2.05) is 12.1 Å². The van der Waals surface area contributed by atoms with Crippen LogP contribution in [0.15, 0.2) is 45.7 Å². The van der Waals surface area contributed by atoms with Gasteiger partial charge in [0.15, 0.2) is 5.76 Å². The lowest BCUT2D eigenvalue weighted by Crippen LogP contribution is -2.52. The van der Waals surface area contributed by atoms with E-state index in [4.69, 9.17) is 4.42 Å². The van der Waals surface area contributed by atoms with Crippen LogP contribution in [0.5, 0.6) is 0 Å². The third kappa shape index (κ3) is 4.22. The summed E-state index contributed by atoms with van der Waals surface area (Å²) < 4.78 is 33.8.